The molecule has 1 aromatic carbocycles. The molecule has 0 bridgehead atoms. The summed E-state index contributed by atoms with van der Waals surface area (Å²) >= 11 is 0. The lowest BCUT2D eigenvalue weighted by Gasteiger charge is -2.06. The second-order valence-corrected chi connectivity index (χ2v) is 3.02. The predicted octanol–water partition coefficient (Wildman–Crippen LogP) is 0.930. The van der Waals surface area contributed by atoms with E-state index in [1.54, 1.807) is 18.2 Å². The Morgan fingerprint density at radius 3 is 2.93 bits per heavy atom. The maximum Gasteiger partial charge on any atom is 0.239 e. The summed E-state index contributed by atoms with van der Waals surface area (Å²) in [4.78, 5) is 22.1. The van der Waals surface area contributed by atoms with Gasteiger partial charge in [-0.05, 0) is 12.1 Å². The lowest BCUT2D eigenvalue weighted by Crippen LogP contribution is -2.12. The molecule has 1 unspecified atom stereocenters. The third-order valence-corrected chi connectivity index (χ3v) is 2.27. The number of methoxy groups -OCH3 is 1. The molecule has 1 aromatic rings. The van der Waals surface area contributed by atoms with Crippen molar-refractivity contribution >= 4 is 17.9 Å². The first kappa shape index (κ1) is 8.74. The molecular formula is C10H9NO3. The van der Waals surface area contributed by atoms with Gasteiger partial charge >= 0.3 is 0 Å². The fourth-order valence-corrected chi connectivity index (χ4v) is 1.62. The summed E-state index contributed by atoms with van der Waals surface area (Å²) in [6.45, 7) is 0. The van der Waals surface area contributed by atoms with Gasteiger partial charge < -0.3 is 14.8 Å². The number of hydrogen-bond donors (Lipinski definition) is 1. The second-order valence-electron chi connectivity index (χ2n) is 3.02. The number of carbonyl (C=O) groups excluding carboxylic acids is 2. The number of nitrogens with one attached hydrogen (secondary N) is 1. The van der Waals surface area contributed by atoms with Gasteiger partial charge in [-0.15, -0.1) is 0 Å². The van der Waals surface area contributed by atoms with E-state index >= 15 is 0 Å². The first-order chi connectivity index (χ1) is 6.77. The van der Waals surface area contributed by atoms with Crippen molar-refractivity contribution in [3.8, 4) is 5.75 Å². The summed E-state index contributed by atoms with van der Waals surface area (Å²) in [5.74, 6) is -0.460. The van der Waals surface area contributed by atoms with Gasteiger partial charge in [0.15, 0.2) is 0 Å². The average Bonchev–Trinajstić information content (AvgIpc) is 2.52. The molecule has 14 heavy (non-hydrogen) atoms. The van der Waals surface area contributed by atoms with Gasteiger partial charge in [-0.3, -0.25) is 4.79 Å². The standard InChI is InChI=1S/C10H9NO3/c1-14-8-4-2-3-7-9(8)6(5-12)10(13)11-7/h2-6H,1H3,(H,11,13). The van der Waals surface area contributed by atoms with E-state index < -0.39 is 5.92 Å². The van der Waals surface area contributed by atoms with E-state index in [1.807, 2.05) is 0 Å². The normalized spacial score (nSPS) is 18.6. The molecule has 1 atom stereocenters. The fraction of sp³-hybridized carbons (Fsp3) is 0.200. The molecular weight excluding hydrogens is 182 g/mol. The molecule has 0 saturated heterocycles. The molecule has 1 aliphatic heterocycles. The van der Waals surface area contributed by atoms with E-state index in [4.69, 9.17) is 4.74 Å². The van der Waals surface area contributed by atoms with Crippen LogP contribution in [0.2, 0.25) is 0 Å². The highest BCUT2D eigenvalue weighted by atomic mass is 16.5. The minimum Gasteiger partial charge on any atom is -0.496 e. The van der Waals surface area contributed by atoms with Crippen LogP contribution in [0.5, 0.6) is 5.75 Å². The van der Waals surface area contributed by atoms with E-state index in [-0.39, 0.29) is 5.91 Å². The van der Waals surface area contributed by atoms with Gasteiger partial charge in [-0.1, -0.05) is 6.07 Å². The molecule has 0 saturated carbocycles. The Kier molecular flexibility index (Phi) is 1.96. The molecule has 1 N–H and O–H groups in total. The van der Waals surface area contributed by atoms with Crippen molar-refractivity contribution in [3.05, 3.63) is 23.8 Å². The van der Waals surface area contributed by atoms with Gasteiger partial charge in [0.05, 0.1) is 7.11 Å². The number of fused-ring (bicyclic) bond motifs is 1. The predicted molar refractivity (Wildman–Crippen MR) is 50.4 cm³/mol. The van der Waals surface area contributed by atoms with Gasteiger partial charge in [0, 0.05) is 11.3 Å². The minimum atomic E-state index is -0.735. The topological polar surface area (TPSA) is 55.4 Å². The molecule has 1 amide bonds. The Hall–Kier alpha value is -1.84. The summed E-state index contributed by atoms with van der Waals surface area (Å²) in [6, 6.07) is 5.25. The van der Waals surface area contributed by atoms with Crippen molar-refractivity contribution < 1.29 is 14.3 Å². The zero-order chi connectivity index (χ0) is 10.1. The summed E-state index contributed by atoms with van der Waals surface area (Å²) in [7, 11) is 1.51. The quantitative estimate of drug-likeness (QED) is 0.558. The van der Waals surface area contributed by atoms with Gasteiger partial charge in [-0.2, -0.15) is 0 Å². The molecule has 1 heterocycles. The van der Waals surface area contributed by atoms with Crippen LogP contribution in [0.3, 0.4) is 0 Å². The number of amides is 1. The molecule has 1 aliphatic rings. The molecule has 0 aromatic heterocycles. The number of carbonyl (C=O) groups is 2. The van der Waals surface area contributed by atoms with Crippen LogP contribution in [0.25, 0.3) is 0 Å². The van der Waals surface area contributed by atoms with Crippen molar-refractivity contribution in [1.29, 1.82) is 0 Å². The van der Waals surface area contributed by atoms with E-state index in [9.17, 15) is 9.59 Å². The molecule has 4 nitrogen and oxygen atoms in total. The van der Waals surface area contributed by atoms with Crippen molar-refractivity contribution in [2.24, 2.45) is 0 Å². The molecule has 0 fully saturated rings. The van der Waals surface area contributed by atoms with E-state index in [1.165, 1.54) is 7.11 Å². The monoisotopic (exact) mass is 191 g/mol. The minimum absolute atomic E-state index is 0.292. The van der Waals surface area contributed by atoms with Crippen LogP contribution in [0.15, 0.2) is 18.2 Å². The van der Waals surface area contributed by atoms with E-state index in [2.05, 4.69) is 5.32 Å². The highest BCUT2D eigenvalue weighted by Gasteiger charge is 2.32. The zero-order valence-electron chi connectivity index (χ0n) is 7.61. The highest BCUT2D eigenvalue weighted by Crippen LogP contribution is 2.37. The number of benzene rings is 1. The summed E-state index contributed by atoms with van der Waals surface area (Å²) in [5.41, 5.74) is 1.29. The third kappa shape index (κ3) is 1.08. The van der Waals surface area contributed by atoms with Crippen LogP contribution in [0.1, 0.15) is 11.5 Å². The third-order valence-electron chi connectivity index (χ3n) is 2.27. The first-order valence-electron chi connectivity index (χ1n) is 4.21. The van der Waals surface area contributed by atoms with Gasteiger partial charge in [0.2, 0.25) is 5.91 Å². The van der Waals surface area contributed by atoms with Crippen molar-refractivity contribution in [1.82, 2.24) is 0 Å². The van der Waals surface area contributed by atoms with Gasteiger partial charge in [0.25, 0.3) is 0 Å². The van der Waals surface area contributed by atoms with Crippen LogP contribution in [-0.4, -0.2) is 19.3 Å². The van der Waals surface area contributed by atoms with E-state index in [0.29, 0.717) is 23.3 Å². The summed E-state index contributed by atoms with van der Waals surface area (Å²) < 4.78 is 5.09. The van der Waals surface area contributed by atoms with Crippen LogP contribution >= 0.6 is 0 Å². The zero-order valence-corrected chi connectivity index (χ0v) is 7.61. The number of anilines is 1. The molecule has 0 spiro atoms. The summed E-state index contributed by atoms with van der Waals surface area (Å²) in [5, 5.41) is 2.62. The van der Waals surface area contributed by atoms with Crippen molar-refractivity contribution in [2.75, 3.05) is 12.4 Å². The number of ether oxygens (including phenoxy) is 1. The lowest BCUT2D eigenvalue weighted by atomic mass is 10.0. The smallest absolute Gasteiger partial charge is 0.239 e. The number of hydrogen-bond acceptors (Lipinski definition) is 3. The average molecular weight is 191 g/mol. The molecule has 2 rings (SSSR count). The fourth-order valence-electron chi connectivity index (χ4n) is 1.62. The Morgan fingerprint density at radius 2 is 2.29 bits per heavy atom. The Balaban J connectivity index is 2.59. The van der Waals surface area contributed by atoms with Crippen LogP contribution in [0, 0.1) is 0 Å². The molecule has 0 aliphatic carbocycles. The summed E-state index contributed by atoms with van der Waals surface area (Å²) in [6.07, 6.45) is 0.629. The molecule has 0 radical (unpaired) electrons. The van der Waals surface area contributed by atoms with Gasteiger partial charge in [0.1, 0.15) is 18.0 Å². The number of rotatable bonds is 2. The maximum atomic E-state index is 11.3. The van der Waals surface area contributed by atoms with Gasteiger partial charge in [-0.25, -0.2) is 0 Å². The van der Waals surface area contributed by atoms with Crippen LogP contribution in [0.4, 0.5) is 5.69 Å². The second kappa shape index (κ2) is 3.14. The van der Waals surface area contributed by atoms with Crippen LogP contribution in [-0.2, 0) is 9.59 Å². The van der Waals surface area contributed by atoms with Crippen molar-refractivity contribution in [2.45, 2.75) is 5.92 Å². The maximum absolute atomic E-state index is 11.3. The largest absolute Gasteiger partial charge is 0.496 e. The lowest BCUT2D eigenvalue weighted by molar-refractivity contribution is -0.121. The molecule has 4 heteroatoms. The molecule has 72 valence electrons. The Labute approximate surface area is 80.9 Å². The Morgan fingerprint density at radius 1 is 1.50 bits per heavy atom. The first-order valence-corrected chi connectivity index (χ1v) is 4.21. The number of aldehydes is 1. The Bertz CT molecular complexity index is 400. The van der Waals surface area contributed by atoms with E-state index in [0.717, 1.165) is 0 Å². The SMILES string of the molecule is COc1cccc2c1C(C=O)C(=O)N2. The highest BCUT2D eigenvalue weighted by molar-refractivity contribution is 6.12. The van der Waals surface area contributed by atoms with Crippen molar-refractivity contribution in [3.63, 3.8) is 0 Å². The van der Waals surface area contributed by atoms with Crippen LogP contribution < -0.4 is 10.1 Å².